The third-order valence-electron chi connectivity index (χ3n) is 4.31. The molecule has 0 aliphatic heterocycles. The summed E-state index contributed by atoms with van der Waals surface area (Å²) in [6.45, 7) is 7.29. The second-order valence-corrected chi connectivity index (χ2v) is 7.93. The molecule has 0 aromatic heterocycles. The Bertz CT molecular complexity index is 553. The van der Waals surface area contributed by atoms with Gasteiger partial charge in [-0.2, -0.15) is 0 Å². The van der Waals surface area contributed by atoms with Crippen molar-refractivity contribution in [2.75, 3.05) is 13.1 Å². The second kappa shape index (κ2) is 13.9. The van der Waals surface area contributed by atoms with Gasteiger partial charge in [0.2, 0.25) is 17.7 Å². The molecule has 0 fully saturated rings. The highest BCUT2D eigenvalue weighted by Crippen LogP contribution is 2.06. The number of carbonyl (C=O) groups is 4. The average molecular weight is 416 g/mol. The van der Waals surface area contributed by atoms with Crippen molar-refractivity contribution in [1.82, 2.24) is 16.0 Å². The Labute approximate surface area is 172 Å². The third-order valence-corrected chi connectivity index (χ3v) is 4.31. The largest absolute Gasteiger partial charge is 0.480 e. The van der Waals surface area contributed by atoms with E-state index >= 15 is 0 Å². The Morgan fingerprint density at radius 2 is 1.59 bits per heavy atom. The molecule has 8 N–H and O–H groups in total. The molecular formula is C19H37N5O5. The molecule has 3 unspecified atom stereocenters. The summed E-state index contributed by atoms with van der Waals surface area (Å²) in [5.41, 5.74) is 11.4. The first-order valence-corrected chi connectivity index (χ1v) is 10.0. The predicted molar refractivity (Wildman–Crippen MR) is 110 cm³/mol. The maximum absolute atomic E-state index is 12.5. The van der Waals surface area contributed by atoms with Crippen LogP contribution in [0.15, 0.2) is 0 Å². The summed E-state index contributed by atoms with van der Waals surface area (Å²) in [7, 11) is 0. The van der Waals surface area contributed by atoms with Crippen molar-refractivity contribution >= 4 is 23.7 Å². The zero-order chi connectivity index (χ0) is 22.6. The lowest BCUT2D eigenvalue weighted by molar-refractivity contribution is -0.143. The molecule has 0 radical (unpaired) electrons. The molecule has 29 heavy (non-hydrogen) atoms. The Hall–Kier alpha value is -2.20. The Morgan fingerprint density at radius 3 is 2.07 bits per heavy atom. The van der Waals surface area contributed by atoms with Crippen molar-refractivity contribution in [3.05, 3.63) is 0 Å². The van der Waals surface area contributed by atoms with Crippen LogP contribution in [0.4, 0.5) is 0 Å². The van der Waals surface area contributed by atoms with E-state index in [1.807, 2.05) is 13.8 Å². The Balaban J connectivity index is 4.84. The number of carbonyl (C=O) groups excluding carboxylic acids is 3. The minimum absolute atomic E-state index is 0.229. The summed E-state index contributed by atoms with van der Waals surface area (Å²) in [5.74, 6) is -2.81. The van der Waals surface area contributed by atoms with Crippen molar-refractivity contribution in [2.24, 2.45) is 23.3 Å². The lowest BCUT2D eigenvalue weighted by atomic mass is 10.0. The van der Waals surface area contributed by atoms with E-state index in [-0.39, 0.29) is 11.8 Å². The van der Waals surface area contributed by atoms with E-state index in [9.17, 15) is 19.2 Å². The number of rotatable bonds is 14. The van der Waals surface area contributed by atoms with Crippen molar-refractivity contribution in [1.29, 1.82) is 0 Å². The number of aliphatic carboxylic acids is 1. The summed E-state index contributed by atoms with van der Waals surface area (Å²) in [6.07, 6.45) is 2.15. The molecule has 0 saturated carbocycles. The molecule has 3 amide bonds. The molecule has 0 aromatic carbocycles. The van der Waals surface area contributed by atoms with E-state index in [1.54, 1.807) is 13.8 Å². The number of carboxylic acids is 1. The fourth-order valence-corrected chi connectivity index (χ4v) is 2.68. The van der Waals surface area contributed by atoms with Gasteiger partial charge >= 0.3 is 5.97 Å². The van der Waals surface area contributed by atoms with Crippen LogP contribution in [-0.4, -0.2) is 60.0 Å². The van der Waals surface area contributed by atoms with Crippen LogP contribution in [-0.2, 0) is 19.2 Å². The highest BCUT2D eigenvalue weighted by molar-refractivity contribution is 5.92. The molecule has 0 aliphatic carbocycles. The van der Waals surface area contributed by atoms with E-state index < -0.39 is 48.4 Å². The molecule has 10 heteroatoms. The van der Waals surface area contributed by atoms with Gasteiger partial charge in [-0.15, -0.1) is 0 Å². The van der Waals surface area contributed by atoms with Crippen LogP contribution in [0.3, 0.4) is 0 Å². The third kappa shape index (κ3) is 11.4. The molecule has 0 aliphatic rings. The van der Waals surface area contributed by atoms with Gasteiger partial charge in [-0.05, 0) is 44.1 Å². The minimum atomic E-state index is -1.15. The zero-order valence-corrected chi connectivity index (χ0v) is 17.9. The Kier molecular flexibility index (Phi) is 12.8. The van der Waals surface area contributed by atoms with Crippen LogP contribution in [0.5, 0.6) is 0 Å². The molecule has 0 heterocycles. The van der Waals surface area contributed by atoms with Gasteiger partial charge in [-0.3, -0.25) is 14.4 Å². The minimum Gasteiger partial charge on any atom is -0.480 e. The highest BCUT2D eigenvalue weighted by atomic mass is 16.4. The normalized spacial score (nSPS) is 14.2. The summed E-state index contributed by atoms with van der Waals surface area (Å²) in [4.78, 5) is 47.9. The SMILES string of the molecule is CC(C)CC(N)C(=O)NC(CCCCN)C(=O)NCC(=O)NC(C(=O)O)C(C)C. The van der Waals surface area contributed by atoms with Gasteiger partial charge in [0.1, 0.15) is 12.1 Å². The van der Waals surface area contributed by atoms with E-state index in [1.165, 1.54) is 0 Å². The van der Waals surface area contributed by atoms with Gasteiger partial charge in [0.05, 0.1) is 12.6 Å². The van der Waals surface area contributed by atoms with Crippen LogP contribution in [0.2, 0.25) is 0 Å². The van der Waals surface area contributed by atoms with Crippen molar-refractivity contribution in [3.8, 4) is 0 Å². The molecule has 0 saturated heterocycles. The smallest absolute Gasteiger partial charge is 0.326 e. The van der Waals surface area contributed by atoms with E-state index in [2.05, 4.69) is 16.0 Å². The molecule has 10 nitrogen and oxygen atoms in total. The van der Waals surface area contributed by atoms with Crippen molar-refractivity contribution < 1.29 is 24.3 Å². The summed E-state index contributed by atoms with van der Waals surface area (Å²) < 4.78 is 0. The number of unbranched alkanes of at least 4 members (excludes halogenated alkanes) is 1. The second-order valence-electron chi connectivity index (χ2n) is 7.93. The molecule has 0 spiro atoms. The molecular weight excluding hydrogens is 378 g/mol. The monoisotopic (exact) mass is 415 g/mol. The maximum Gasteiger partial charge on any atom is 0.326 e. The first-order chi connectivity index (χ1) is 13.5. The van der Waals surface area contributed by atoms with Crippen molar-refractivity contribution in [2.45, 2.75) is 71.5 Å². The van der Waals surface area contributed by atoms with Gasteiger partial charge in [0.15, 0.2) is 0 Å². The van der Waals surface area contributed by atoms with Gasteiger partial charge in [-0.1, -0.05) is 27.7 Å². The maximum atomic E-state index is 12.5. The van der Waals surface area contributed by atoms with Gasteiger partial charge < -0.3 is 32.5 Å². The molecule has 168 valence electrons. The first-order valence-electron chi connectivity index (χ1n) is 10.0. The number of amides is 3. The van der Waals surface area contributed by atoms with Crippen LogP contribution < -0.4 is 27.4 Å². The number of nitrogens with two attached hydrogens (primary N) is 2. The number of nitrogens with one attached hydrogen (secondary N) is 3. The standard InChI is InChI=1S/C19H37N5O5/c1-11(2)9-13(21)17(26)23-14(7-5-6-8-20)18(27)22-10-15(25)24-16(12(3)4)19(28)29/h11-14,16H,5-10,20-21H2,1-4H3,(H,22,27)(H,23,26)(H,24,25)(H,28,29). The van der Waals surface area contributed by atoms with Crippen LogP contribution in [0, 0.1) is 11.8 Å². The van der Waals surface area contributed by atoms with E-state index in [0.717, 1.165) is 0 Å². The molecule has 0 rings (SSSR count). The zero-order valence-electron chi connectivity index (χ0n) is 17.9. The lowest BCUT2D eigenvalue weighted by Gasteiger charge is -2.22. The van der Waals surface area contributed by atoms with Crippen LogP contribution in [0.1, 0.15) is 53.4 Å². The van der Waals surface area contributed by atoms with Gasteiger partial charge in [0, 0.05) is 0 Å². The predicted octanol–water partition coefficient (Wildman–Crippen LogP) is -0.685. The van der Waals surface area contributed by atoms with E-state index in [0.29, 0.717) is 32.2 Å². The number of carboxylic acid groups (broad SMARTS) is 1. The van der Waals surface area contributed by atoms with Crippen LogP contribution >= 0.6 is 0 Å². The van der Waals surface area contributed by atoms with Gasteiger partial charge in [0.25, 0.3) is 0 Å². The van der Waals surface area contributed by atoms with E-state index in [4.69, 9.17) is 16.6 Å². The highest BCUT2D eigenvalue weighted by Gasteiger charge is 2.26. The lowest BCUT2D eigenvalue weighted by Crippen LogP contribution is -2.54. The topological polar surface area (TPSA) is 177 Å². The summed E-state index contributed by atoms with van der Waals surface area (Å²) in [6, 6.07) is -2.63. The Morgan fingerprint density at radius 1 is 0.966 bits per heavy atom. The fourth-order valence-electron chi connectivity index (χ4n) is 2.68. The first kappa shape index (κ1) is 26.8. The summed E-state index contributed by atoms with van der Waals surface area (Å²) >= 11 is 0. The fraction of sp³-hybridized carbons (Fsp3) is 0.789. The quantitative estimate of drug-likeness (QED) is 0.203. The average Bonchev–Trinajstić information content (AvgIpc) is 2.62. The number of hydrogen-bond donors (Lipinski definition) is 6. The van der Waals surface area contributed by atoms with Crippen LogP contribution in [0.25, 0.3) is 0 Å². The molecule has 0 aromatic rings. The van der Waals surface area contributed by atoms with Gasteiger partial charge in [-0.25, -0.2) is 4.79 Å². The molecule has 3 atom stereocenters. The summed E-state index contributed by atoms with van der Waals surface area (Å²) in [5, 5.41) is 16.6. The number of hydrogen-bond acceptors (Lipinski definition) is 6. The molecule has 0 bridgehead atoms. The van der Waals surface area contributed by atoms with Crippen molar-refractivity contribution in [3.63, 3.8) is 0 Å².